The van der Waals surface area contributed by atoms with Gasteiger partial charge in [0.15, 0.2) is 0 Å². The zero-order valence-electron chi connectivity index (χ0n) is 11.1. The minimum atomic E-state index is -3.71. The Morgan fingerprint density at radius 3 is 2.63 bits per heavy atom. The highest BCUT2D eigenvalue weighted by Gasteiger charge is 2.21. The van der Waals surface area contributed by atoms with Crippen LogP contribution in [-0.2, 0) is 10.0 Å². The monoisotopic (exact) mass is 283 g/mol. The third-order valence-electron chi connectivity index (χ3n) is 3.66. The Morgan fingerprint density at radius 2 is 2.05 bits per heavy atom. The van der Waals surface area contributed by atoms with Crippen LogP contribution in [0.1, 0.15) is 26.2 Å². The molecule has 0 aromatic heterocycles. The van der Waals surface area contributed by atoms with Crippen LogP contribution in [0.15, 0.2) is 23.1 Å². The predicted octanol–water partition coefficient (Wildman–Crippen LogP) is 1.76. The number of anilines is 2. The van der Waals surface area contributed by atoms with Gasteiger partial charge in [0.1, 0.15) is 0 Å². The lowest BCUT2D eigenvalue weighted by atomic mass is 10.1. The molecule has 2 atom stereocenters. The third-order valence-corrected chi connectivity index (χ3v) is 4.55. The molecule has 0 aliphatic heterocycles. The molecule has 5 nitrogen and oxygen atoms in total. The SMILES string of the molecule is CC1CCC(CNc2cc(N)cc(S(N)(=O)=O)c2)C1. The summed E-state index contributed by atoms with van der Waals surface area (Å²) in [6.07, 6.45) is 3.71. The van der Waals surface area contributed by atoms with Crippen LogP contribution in [-0.4, -0.2) is 15.0 Å². The van der Waals surface area contributed by atoms with Crippen molar-refractivity contribution >= 4 is 21.4 Å². The molecule has 19 heavy (non-hydrogen) atoms. The summed E-state index contributed by atoms with van der Waals surface area (Å²) in [5.41, 5.74) is 6.81. The maximum Gasteiger partial charge on any atom is 0.238 e. The van der Waals surface area contributed by atoms with Crippen molar-refractivity contribution < 1.29 is 8.42 Å². The highest BCUT2D eigenvalue weighted by atomic mass is 32.2. The molecule has 0 amide bonds. The topological polar surface area (TPSA) is 98.2 Å². The minimum absolute atomic E-state index is 0.0507. The summed E-state index contributed by atoms with van der Waals surface area (Å²) in [6, 6.07) is 4.63. The standard InChI is InChI=1S/C13H21N3O2S/c1-9-2-3-10(4-9)8-16-12-5-11(14)6-13(7-12)19(15,17)18/h5-7,9-10,16H,2-4,8,14H2,1H3,(H2,15,17,18). The fraction of sp³-hybridized carbons (Fsp3) is 0.538. The van der Waals surface area contributed by atoms with Gasteiger partial charge < -0.3 is 11.1 Å². The number of hydrogen-bond acceptors (Lipinski definition) is 4. The van der Waals surface area contributed by atoms with Crippen LogP contribution >= 0.6 is 0 Å². The number of sulfonamides is 1. The second kappa shape index (κ2) is 5.38. The highest BCUT2D eigenvalue weighted by Crippen LogP contribution is 2.30. The lowest BCUT2D eigenvalue weighted by Crippen LogP contribution is -2.15. The van der Waals surface area contributed by atoms with Gasteiger partial charge in [-0.25, -0.2) is 13.6 Å². The molecule has 1 aliphatic carbocycles. The van der Waals surface area contributed by atoms with Gasteiger partial charge in [-0.05, 0) is 42.9 Å². The first kappa shape index (κ1) is 14.1. The van der Waals surface area contributed by atoms with Gasteiger partial charge in [0.2, 0.25) is 10.0 Å². The minimum Gasteiger partial charge on any atom is -0.399 e. The van der Waals surface area contributed by atoms with E-state index in [9.17, 15) is 8.42 Å². The van der Waals surface area contributed by atoms with Gasteiger partial charge >= 0.3 is 0 Å². The average Bonchev–Trinajstić information content (AvgIpc) is 2.71. The normalized spacial score (nSPS) is 23.5. The van der Waals surface area contributed by atoms with Crippen molar-refractivity contribution in [2.75, 3.05) is 17.6 Å². The van der Waals surface area contributed by atoms with Crippen molar-refractivity contribution in [3.05, 3.63) is 18.2 Å². The number of hydrogen-bond donors (Lipinski definition) is 3. The largest absolute Gasteiger partial charge is 0.399 e. The van der Waals surface area contributed by atoms with Crippen LogP contribution in [0.5, 0.6) is 0 Å². The molecule has 2 rings (SSSR count). The van der Waals surface area contributed by atoms with Crippen LogP contribution in [0.25, 0.3) is 0 Å². The number of primary sulfonamides is 1. The number of nitrogen functional groups attached to an aromatic ring is 1. The average molecular weight is 283 g/mol. The van der Waals surface area contributed by atoms with Gasteiger partial charge in [-0.2, -0.15) is 0 Å². The molecule has 5 N–H and O–H groups in total. The van der Waals surface area contributed by atoms with Crippen LogP contribution in [0.4, 0.5) is 11.4 Å². The Balaban J connectivity index is 2.06. The van der Waals surface area contributed by atoms with E-state index in [4.69, 9.17) is 10.9 Å². The summed E-state index contributed by atoms with van der Waals surface area (Å²) in [7, 11) is -3.71. The molecule has 0 bridgehead atoms. The van der Waals surface area contributed by atoms with Crippen molar-refractivity contribution in [3.8, 4) is 0 Å². The zero-order chi connectivity index (χ0) is 14.0. The number of rotatable bonds is 4. The number of nitrogens with one attached hydrogen (secondary N) is 1. The molecule has 1 aromatic rings. The van der Waals surface area contributed by atoms with E-state index >= 15 is 0 Å². The summed E-state index contributed by atoms with van der Waals surface area (Å²) in [5.74, 6) is 1.43. The van der Waals surface area contributed by atoms with Crippen LogP contribution in [0, 0.1) is 11.8 Å². The number of nitrogens with two attached hydrogens (primary N) is 2. The van der Waals surface area contributed by atoms with Crippen LogP contribution in [0.3, 0.4) is 0 Å². The first-order valence-corrected chi connectivity index (χ1v) is 8.06. The van der Waals surface area contributed by atoms with Crippen molar-refractivity contribution in [2.45, 2.75) is 31.1 Å². The predicted molar refractivity (Wildman–Crippen MR) is 77.2 cm³/mol. The molecule has 2 unspecified atom stereocenters. The molecular weight excluding hydrogens is 262 g/mol. The number of benzene rings is 1. The van der Waals surface area contributed by atoms with Crippen molar-refractivity contribution in [2.24, 2.45) is 17.0 Å². The van der Waals surface area contributed by atoms with E-state index in [0.717, 1.165) is 12.5 Å². The van der Waals surface area contributed by atoms with E-state index in [1.165, 1.54) is 31.4 Å². The third kappa shape index (κ3) is 3.84. The van der Waals surface area contributed by atoms with Crippen molar-refractivity contribution in [1.29, 1.82) is 0 Å². The van der Waals surface area contributed by atoms with Crippen LogP contribution in [0.2, 0.25) is 0 Å². The van der Waals surface area contributed by atoms with Gasteiger partial charge in [0.05, 0.1) is 4.90 Å². The van der Waals surface area contributed by atoms with E-state index in [1.54, 1.807) is 6.07 Å². The molecule has 1 aromatic carbocycles. The van der Waals surface area contributed by atoms with E-state index in [2.05, 4.69) is 12.2 Å². The summed E-state index contributed by atoms with van der Waals surface area (Å²) in [4.78, 5) is 0.0507. The first-order valence-electron chi connectivity index (χ1n) is 6.52. The van der Waals surface area contributed by atoms with E-state index < -0.39 is 10.0 Å². The Bertz CT molecular complexity index is 557. The molecule has 6 heteroatoms. The lowest BCUT2D eigenvalue weighted by molar-refractivity contribution is 0.537. The summed E-state index contributed by atoms with van der Waals surface area (Å²) >= 11 is 0. The molecule has 106 valence electrons. The van der Waals surface area contributed by atoms with Gasteiger partial charge in [-0.3, -0.25) is 0 Å². The zero-order valence-corrected chi connectivity index (χ0v) is 11.9. The molecular formula is C13H21N3O2S. The summed E-state index contributed by atoms with van der Waals surface area (Å²) in [5, 5.41) is 8.38. The maximum absolute atomic E-state index is 11.3. The van der Waals surface area contributed by atoms with Gasteiger partial charge in [-0.1, -0.05) is 13.3 Å². The molecule has 0 saturated heterocycles. The second-order valence-electron chi connectivity index (χ2n) is 5.50. The summed E-state index contributed by atoms with van der Waals surface area (Å²) < 4.78 is 22.7. The second-order valence-corrected chi connectivity index (χ2v) is 7.06. The quantitative estimate of drug-likeness (QED) is 0.733. The fourth-order valence-corrected chi connectivity index (χ4v) is 3.25. The van der Waals surface area contributed by atoms with E-state index in [-0.39, 0.29) is 4.90 Å². The molecule has 1 saturated carbocycles. The van der Waals surface area contributed by atoms with Gasteiger partial charge in [0, 0.05) is 17.9 Å². The Kier molecular flexibility index (Phi) is 4.01. The fourth-order valence-electron chi connectivity index (χ4n) is 2.66. The Labute approximate surface area is 114 Å². The van der Waals surface area contributed by atoms with Crippen molar-refractivity contribution in [3.63, 3.8) is 0 Å². The highest BCUT2D eigenvalue weighted by molar-refractivity contribution is 7.89. The maximum atomic E-state index is 11.3. The Morgan fingerprint density at radius 1 is 1.32 bits per heavy atom. The van der Waals surface area contributed by atoms with Crippen molar-refractivity contribution in [1.82, 2.24) is 0 Å². The lowest BCUT2D eigenvalue weighted by Gasteiger charge is -2.13. The van der Waals surface area contributed by atoms with E-state index in [0.29, 0.717) is 17.3 Å². The molecule has 0 radical (unpaired) electrons. The Hall–Kier alpha value is -1.27. The molecule has 0 heterocycles. The first-order chi connectivity index (χ1) is 8.84. The molecule has 0 spiro atoms. The van der Waals surface area contributed by atoms with Gasteiger partial charge in [-0.15, -0.1) is 0 Å². The molecule has 1 aliphatic rings. The summed E-state index contributed by atoms with van der Waals surface area (Å²) in [6.45, 7) is 3.11. The molecule has 1 fully saturated rings. The van der Waals surface area contributed by atoms with E-state index in [1.807, 2.05) is 0 Å². The smallest absolute Gasteiger partial charge is 0.238 e. The van der Waals surface area contributed by atoms with Crippen LogP contribution < -0.4 is 16.2 Å². The van der Waals surface area contributed by atoms with Gasteiger partial charge in [0.25, 0.3) is 0 Å².